The highest BCUT2D eigenvalue weighted by Gasteiger charge is 2.15. The van der Waals surface area contributed by atoms with E-state index in [2.05, 4.69) is 10.1 Å². The van der Waals surface area contributed by atoms with Gasteiger partial charge in [0.15, 0.2) is 5.82 Å². The topological polar surface area (TPSA) is 68.0 Å². The largest absolute Gasteiger partial charge is 0.481 e. The summed E-state index contributed by atoms with van der Waals surface area (Å²) in [7, 11) is 0. The molecule has 0 aliphatic heterocycles. The summed E-state index contributed by atoms with van der Waals surface area (Å²) in [6, 6.07) is -0.134. The third kappa shape index (κ3) is 2.78. The first-order valence-electron chi connectivity index (χ1n) is 5.24. The minimum Gasteiger partial charge on any atom is -0.481 e. The zero-order valence-electron chi connectivity index (χ0n) is 9.40. The number of carboxylic acids is 1. The summed E-state index contributed by atoms with van der Waals surface area (Å²) >= 11 is 0. The molecule has 84 valence electrons. The zero-order valence-corrected chi connectivity index (χ0v) is 9.40. The molecule has 0 fully saturated rings. The number of carbonyl (C=O) groups is 1. The average Bonchev–Trinajstić information content (AvgIpc) is 2.59. The molecule has 0 bridgehead atoms. The van der Waals surface area contributed by atoms with Gasteiger partial charge in [-0.25, -0.2) is 9.67 Å². The lowest BCUT2D eigenvalue weighted by Crippen LogP contribution is -2.14. The van der Waals surface area contributed by atoms with Crippen LogP contribution in [-0.2, 0) is 17.6 Å². The smallest absolute Gasteiger partial charge is 0.305 e. The number of aryl methyl sites for hydroxylation is 2. The molecule has 1 heterocycles. The number of aliphatic carboxylic acids is 1. The van der Waals surface area contributed by atoms with E-state index in [4.69, 9.17) is 5.11 Å². The predicted octanol–water partition coefficient (Wildman–Crippen LogP) is 1.44. The fourth-order valence-corrected chi connectivity index (χ4v) is 1.49. The number of carboxylic acid groups (broad SMARTS) is 1. The maximum atomic E-state index is 10.6. The molecule has 1 unspecified atom stereocenters. The van der Waals surface area contributed by atoms with E-state index in [0.717, 1.165) is 24.5 Å². The molecule has 0 spiro atoms. The van der Waals surface area contributed by atoms with Crippen molar-refractivity contribution in [3.8, 4) is 0 Å². The lowest BCUT2D eigenvalue weighted by Gasteiger charge is -2.11. The van der Waals surface area contributed by atoms with Crippen LogP contribution < -0.4 is 0 Å². The first-order valence-corrected chi connectivity index (χ1v) is 5.24. The van der Waals surface area contributed by atoms with Crippen LogP contribution in [-0.4, -0.2) is 25.8 Å². The molecule has 0 radical (unpaired) electrons. The molecule has 5 nitrogen and oxygen atoms in total. The minimum atomic E-state index is -0.807. The van der Waals surface area contributed by atoms with Crippen LogP contribution in [0.4, 0.5) is 0 Å². The summed E-state index contributed by atoms with van der Waals surface area (Å²) < 4.78 is 1.73. The van der Waals surface area contributed by atoms with E-state index in [1.54, 1.807) is 4.68 Å². The molecule has 0 aromatic carbocycles. The number of hydrogen-bond acceptors (Lipinski definition) is 3. The van der Waals surface area contributed by atoms with Gasteiger partial charge in [-0.15, -0.1) is 0 Å². The number of rotatable bonds is 5. The van der Waals surface area contributed by atoms with Gasteiger partial charge < -0.3 is 5.11 Å². The van der Waals surface area contributed by atoms with E-state index in [0.29, 0.717) is 0 Å². The van der Waals surface area contributed by atoms with E-state index in [-0.39, 0.29) is 12.5 Å². The molecular formula is C10H17N3O2. The molecule has 1 rings (SSSR count). The van der Waals surface area contributed by atoms with Crippen LogP contribution in [0.2, 0.25) is 0 Å². The Morgan fingerprint density at radius 1 is 1.47 bits per heavy atom. The Morgan fingerprint density at radius 3 is 2.60 bits per heavy atom. The standard InChI is InChI=1S/C10H17N3O2/c1-4-8-11-9(5-2)13(12-8)7(3)6-10(14)15/h7H,4-6H2,1-3H3,(H,14,15). The molecular weight excluding hydrogens is 194 g/mol. The molecule has 0 aliphatic carbocycles. The third-order valence-electron chi connectivity index (χ3n) is 2.27. The second kappa shape index (κ2) is 4.91. The minimum absolute atomic E-state index is 0.0829. The molecule has 0 amide bonds. The summed E-state index contributed by atoms with van der Waals surface area (Å²) in [5, 5.41) is 13.0. The van der Waals surface area contributed by atoms with Crippen molar-refractivity contribution in [1.29, 1.82) is 0 Å². The van der Waals surface area contributed by atoms with Gasteiger partial charge in [0, 0.05) is 12.8 Å². The Hall–Kier alpha value is -1.39. The molecule has 1 aromatic rings. The van der Waals surface area contributed by atoms with Crippen LogP contribution >= 0.6 is 0 Å². The molecule has 0 aliphatic rings. The summed E-state index contributed by atoms with van der Waals surface area (Å²) in [4.78, 5) is 14.9. The van der Waals surface area contributed by atoms with E-state index >= 15 is 0 Å². The Kier molecular flexibility index (Phi) is 3.82. The first kappa shape index (κ1) is 11.7. The van der Waals surface area contributed by atoms with Crippen molar-refractivity contribution >= 4 is 5.97 Å². The maximum Gasteiger partial charge on any atom is 0.305 e. The van der Waals surface area contributed by atoms with Gasteiger partial charge in [-0.2, -0.15) is 5.10 Å². The van der Waals surface area contributed by atoms with Gasteiger partial charge in [0.1, 0.15) is 5.82 Å². The van der Waals surface area contributed by atoms with Gasteiger partial charge in [-0.1, -0.05) is 13.8 Å². The van der Waals surface area contributed by atoms with Gasteiger partial charge >= 0.3 is 5.97 Å². The Balaban J connectivity index is 2.90. The molecule has 1 aromatic heterocycles. The highest BCUT2D eigenvalue weighted by Crippen LogP contribution is 2.13. The summed E-state index contributed by atoms with van der Waals surface area (Å²) in [5.41, 5.74) is 0. The van der Waals surface area contributed by atoms with Gasteiger partial charge in [-0.05, 0) is 6.92 Å². The van der Waals surface area contributed by atoms with Crippen molar-refractivity contribution < 1.29 is 9.90 Å². The molecule has 0 saturated heterocycles. The van der Waals surface area contributed by atoms with Crippen LogP contribution in [0.1, 0.15) is 44.9 Å². The van der Waals surface area contributed by atoms with Crippen LogP contribution in [0.3, 0.4) is 0 Å². The SMILES string of the molecule is CCc1nc(CC)n(C(C)CC(=O)O)n1. The molecule has 0 saturated carbocycles. The van der Waals surface area contributed by atoms with E-state index < -0.39 is 5.97 Å². The zero-order chi connectivity index (χ0) is 11.4. The molecule has 15 heavy (non-hydrogen) atoms. The van der Waals surface area contributed by atoms with Crippen molar-refractivity contribution in [3.05, 3.63) is 11.6 Å². The fourth-order valence-electron chi connectivity index (χ4n) is 1.49. The Morgan fingerprint density at radius 2 is 2.13 bits per heavy atom. The lowest BCUT2D eigenvalue weighted by molar-refractivity contribution is -0.137. The first-order chi connectivity index (χ1) is 7.08. The summed E-state index contributed by atoms with van der Waals surface area (Å²) in [5.74, 6) is 0.836. The Bertz CT molecular complexity index is 346. The van der Waals surface area contributed by atoms with E-state index in [1.165, 1.54) is 0 Å². The van der Waals surface area contributed by atoms with Gasteiger partial charge in [0.25, 0.3) is 0 Å². The normalized spacial score (nSPS) is 12.7. The van der Waals surface area contributed by atoms with Crippen LogP contribution in [0.25, 0.3) is 0 Å². The van der Waals surface area contributed by atoms with Gasteiger partial charge in [0.05, 0.1) is 12.5 Å². The van der Waals surface area contributed by atoms with Gasteiger partial charge in [0.2, 0.25) is 0 Å². The number of hydrogen-bond donors (Lipinski definition) is 1. The summed E-state index contributed by atoms with van der Waals surface area (Å²) in [6.45, 7) is 5.83. The van der Waals surface area contributed by atoms with Crippen LogP contribution in [0.15, 0.2) is 0 Å². The summed E-state index contributed by atoms with van der Waals surface area (Å²) in [6.07, 6.45) is 1.64. The fraction of sp³-hybridized carbons (Fsp3) is 0.700. The third-order valence-corrected chi connectivity index (χ3v) is 2.27. The molecule has 1 atom stereocenters. The van der Waals surface area contributed by atoms with Crippen LogP contribution in [0, 0.1) is 0 Å². The molecule has 5 heteroatoms. The molecule has 1 N–H and O–H groups in total. The van der Waals surface area contributed by atoms with Crippen molar-refractivity contribution in [1.82, 2.24) is 14.8 Å². The maximum absolute atomic E-state index is 10.6. The monoisotopic (exact) mass is 211 g/mol. The number of aromatic nitrogens is 3. The second-order valence-electron chi connectivity index (χ2n) is 3.54. The predicted molar refractivity (Wildman–Crippen MR) is 55.7 cm³/mol. The number of nitrogens with zero attached hydrogens (tertiary/aromatic N) is 3. The average molecular weight is 211 g/mol. The van der Waals surface area contributed by atoms with Crippen molar-refractivity contribution in [3.63, 3.8) is 0 Å². The van der Waals surface area contributed by atoms with Gasteiger partial charge in [-0.3, -0.25) is 4.79 Å². The quantitative estimate of drug-likeness (QED) is 0.800. The van der Waals surface area contributed by atoms with E-state index in [1.807, 2.05) is 20.8 Å². The van der Waals surface area contributed by atoms with Crippen molar-refractivity contribution in [2.24, 2.45) is 0 Å². The lowest BCUT2D eigenvalue weighted by atomic mass is 10.2. The van der Waals surface area contributed by atoms with Crippen molar-refractivity contribution in [2.75, 3.05) is 0 Å². The Labute approximate surface area is 89.1 Å². The highest BCUT2D eigenvalue weighted by atomic mass is 16.4. The van der Waals surface area contributed by atoms with Crippen LogP contribution in [0.5, 0.6) is 0 Å². The second-order valence-corrected chi connectivity index (χ2v) is 3.54. The van der Waals surface area contributed by atoms with Crippen molar-refractivity contribution in [2.45, 2.75) is 46.1 Å². The van der Waals surface area contributed by atoms with E-state index in [9.17, 15) is 4.79 Å². The highest BCUT2D eigenvalue weighted by molar-refractivity contribution is 5.67.